The quantitative estimate of drug-likeness (QED) is 0.470. The first-order chi connectivity index (χ1) is 16.4. The average molecular weight is 484 g/mol. The SMILES string of the molecule is O=C(NCCN1C(=O)S/C(=C\c2ccccc2F)C1=O)c1ccc(COc2ccc(F)cc2)o1. The van der Waals surface area contributed by atoms with Gasteiger partial charge in [0.2, 0.25) is 0 Å². The Morgan fingerprint density at radius 2 is 1.82 bits per heavy atom. The molecular weight excluding hydrogens is 466 g/mol. The monoisotopic (exact) mass is 484 g/mol. The average Bonchev–Trinajstić information content (AvgIpc) is 3.40. The van der Waals surface area contributed by atoms with Crippen LogP contribution in [0.2, 0.25) is 0 Å². The molecule has 0 unspecified atom stereocenters. The highest BCUT2D eigenvalue weighted by molar-refractivity contribution is 8.18. The zero-order valence-electron chi connectivity index (χ0n) is 17.6. The zero-order chi connectivity index (χ0) is 24.1. The molecule has 1 aromatic heterocycles. The molecule has 2 heterocycles. The maximum atomic E-state index is 13.8. The van der Waals surface area contributed by atoms with Crippen LogP contribution in [0.25, 0.3) is 6.08 Å². The molecule has 1 aliphatic rings. The van der Waals surface area contributed by atoms with E-state index in [2.05, 4.69) is 5.32 Å². The fourth-order valence-electron chi connectivity index (χ4n) is 3.06. The number of carbonyl (C=O) groups excluding carboxylic acids is 3. The van der Waals surface area contributed by atoms with Crippen molar-refractivity contribution in [3.8, 4) is 5.75 Å². The number of nitrogens with zero attached hydrogens (tertiary/aromatic N) is 1. The van der Waals surface area contributed by atoms with Crippen LogP contribution in [-0.2, 0) is 11.4 Å². The zero-order valence-corrected chi connectivity index (χ0v) is 18.4. The normalized spacial score (nSPS) is 14.6. The third-order valence-corrected chi connectivity index (χ3v) is 5.67. The number of hydrogen-bond donors (Lipinski definition) is 1. The van der Waals surface area contributed by atoms with Crippen LogP contribution < -0.4 is 10.1 Å². The van der Waals surface area contributed by atoms with Crippen molar-refractivity contribution in [3.05, 3.63) is 94.3 Å². The highest BCUT2D eigenvalue weighted by Gasteiger charge is 2.34. The van der Waals surface area contributed by atoms with Gasteiger partial charge in [-0.3, -0.25) is 19.3 Å². The third kappa shape index (κ3) is 5.52. The van der Waals surface area contributed by atoms with Gasteiger partial charge in [-0.15, -0.1) is 0 Å². The van der Waals surface area contributed by atoms with Gasteiger partial charge in [-0.1, -0.05) is 18.2 Å². The first kappa shape index (κ1) is 23.2. The lowest BCUT2D eigenvalue weighted by Gasteiger charge is -2.12. The number of rotatable bonds is 8. The summed E-state index contributed by atoms with van der Waals surface area (Å²) in [6.45, 7) is 0.00225. The summed E-state index contributed by atoms with van der Waals surface area (Å²) in [4.78, 5) is 38.1. The Bertz CT molecular complexity index is 1260. The van der Waals surface area contributed by atoms with Gasteiger partial charge in [0.05, 0.1) is 4.91 Å². The van der Waals surface area contributed by atoms with E-state index >= 15 is 0 Å². The molecule has 1 fully saturated rings. The van der Waals surface area contributed by atoms with Crippen molar-refractivity contribution in [2.24, 2.45) is 0 Å². The van der Waals surface area contributed by atoms with E-state index in [1.807, 2.05) is 0 Å². The molecule has 0 atom stereocenters. The van der Waals surface area contributed by atoms with Crippen LogP contribution in [0.5, 0.6) is 5.75 Å². The molecule has 7 nitrogen and oxygen atoms in total. The number of halogens is 2. The van der Waals surface area contributed by atoms with Gasteiger partial charge in [0.25, 0.3) is 17.1 Å². The van der Waals surface area contributed by atoms with Crippen molar-refractivity contribution in [2.45, 2.75) is 6.61 Å². The minimum atomic E-state index is -0.550. The largest absolute Gasteiger partial charge is 0.486 e. The topological polar surface area (TPSA) is 88.9 Å². The number of imide groups is 1. The number of ether oxygens (including phenoxy) is 1. The summed E-state index contributed by atoms with van der Waals surface area (Å²) in [7, 11) is 0. The van der Waals surface area contributed by atoms with Crippen LogP contribution in [0.1, 0.15) is 21.9 Å². The Morgan fingerprint density at radius 3 is 2.59 bits per heavy atom. The van der Waals surface area contributed by atoms with E-state index in [1.165, 1.54) is 54.6 Å². The molecule has 1 aliphatic heterocycles. The summed E-state index contributed by atoms with van der Waals surface area (Å²) in [5.41, 5.74) is 0.207. The van der Waals surface area contributed by atoms with Gasteiger partial charge < -0.3 is 14.5 Å². The van der Waals surface area contributed by atoms with Crippen molar-refractivity contribution >= 4 is 34.9 Å². The summed E-state index contributed by atoms with van der Waals surface area (Å²) in [5, 5.41) is 2.08. The van der Waals surface area contributed by atoms with Crippen LogP contribution in [-0.4, -0.2) is 35.0 Å². The predicted molar refractivity (Wildman–Crippen MR) is 121 cm³/mol. The van der Waals surface area contributed by atoms with Gasteiger partial charge in [0.1, 0.15) is 29.8 Å². The van der Waals surface area contributed by atoms with E-state index in [4.69, 9.17) is 9.15 Å². The molecule has 1 N–H and O–H groups in total. The standard InChI is InChI=1S/C24H18F2N2O5S/c25-16-5-7-17(8-6-16)32-14-18-9-10-20(33-18)22(29)27-11-12-28-23(30)21(34-24(28)31)13-15-3-1-2-4-19(15)26/h1-10,13H,11-12,14H2,(H,27,29)/b21-13-. The van der Waals surface area contributed by atoms with E-state index in [0.717, 1.165) is 4.90 Å². The summed E-state index contributed by atoms with van der Waals surface area (Å²) in [6, 6.07) is 14.5. The lowest BCUT2D eigenvalue weighted by atomic mass is 10.2. The fraction of sp³-hybridized carbons (Fsp3) is 0.125. The van der Waals surface area contributed by atoms with E-state index in [1.54, 1.807) is 12.1 Å². The van der Waals surface area contributed by atoms with Gasteiger partial charge in [-0.05, 0) is 60.3 Å². The molecule has 0 spiro atoms. The molecule has 0 radical (unpaired) electrons. The van der Waals surface area contributed by atoms with Crippen LogP contribution in [0.4, 0.5) is 13.6 Å². The maximum Gasteiger partial charge on any atom is 0.293 e. The lowest BCUT2D eigenvalue weighted by molar-refractivity contribution is -0.122. The fourth-order valence-corrected chi connectivity index (χ4v) is 3.91. The van der Waals surface area contributed by atoms with E-state index in [-0.39, 0.29) is 41.7 Å². The van der Waals surface area contributed by atoms with Crippen LogP contribution in [0.3, 0.4) is 0 Å². The van der Waals surface area contributed by atoms with Gasteiger partial charge in [0, 0.05) is 18.7 Å². The van der Waals surface area contributed by atoms with Crippen LogP contribution in [0.15, 0.2) is 70.0 Å². The molecule has 0 bridgehead atoms. The minimum Gasteiger partial charge on any atom is -0.486 e. The summed E-state index contributed by atoms with van der Waals surface area (Å²) in [5.74, 6) is -1.08. The second-order valence-electron chi connectivity index (χ2n) is 7.12. The van der Waals surface area contributed by atoms with Gasteiger partial charge in [-0.2, -0.15) is 0 Å². The van der Waals surface area contributed by atoms with Crippen LogP contribution >= 0.6 is 11.8 Å². The number of amides is 3. The summed E-state index contributed by atoms with van der Waals surface area (Å²) >= 11 is 0.714. The minimum absolute atomic E-state index is 0.00592. The van der Waals surface area contributed by atoms with Crippen molar-refractivity contribution in [1.82, 2.24) is 10.2 Å². The first-order valence-corrected chi connectivity index (χ1v) is 11.0. The summed E-state index contributed by atoms with van der Waals surface area (Å²) in [6.07, 6.45) is 1.33. The highest BCUT2D eigenvalue weighted by atomic mass is 32.2. The molecule has 2 aromatic carbocycles. The molecule has 3 amide bonds. The molecule has 0 saturated carbocycles. The Kier molecular flexibility index (Phi) is 7.07. The molecule has 174 valence electrons. The highest BCUT2D eigenvalue weighted by Crippen LogP contribution is 2.32. The van der Waals surface area contributed by atoms with Crippen molar-refractivity contribution < 1.29 is 32.3 Å². The van der Waals surface area contributed by atoms with E-state index in [9.17, 15) is 23.2 Å². The van der Waals surface area contributed by atoms with Crippen molar-refractivity contribution in [3.63, 3.8) is 0 Å². The first-order valence-electron chi connectivity index (χ1n) is 10.2. The maximum absolute atomic E-state index is 13.8. The van der Waals surface area contributed by atoms with E-state index in [0.29, 0.717) is 23.3 Å². The smallest absolute Gasteiger partial charge is 0.293 e. The second-order valence-corrected chi connectivity index (χ2v) is 8.11. The lowest BCUT2D eigenvalue weighted by Crippen LogP contribution is -2.37. The van der Waals surface area contributed by atoms with Crippen molar-refractivity contribution in [1.29, 1.82) is 0 Å². The number of thioether (sulfide) groups is 1. The van der Waals surface area contributed by atoms with Gasteiger partial charge >= 0.3 is 0 Å². The van der Waals surface area contributed by atoms with Gasteiger partial charge in [-0.25, -0.2) is 8.78 Å². The second kappa shape index (κ2) is 10.3. The molecule has 4 rings (SSSR count). The number of nitrogens with one attached hydrogen (secondary N) is 1. The number of benzene rings is 2. The Morgan fingerprint density at radius 1 is 1.06 bits per heavy atom. The number of furan rings is 1. The summed E-state index contributed by atoms with van der Waals surface area (Å²) < 4.78 is 37.7. The molecular formula is C24H18F2N2O5S. The Hall–Kier alpha value is -3.92. The van der Waals surface area contributed by atoms with Crippen molar-refractivity contribution in [2.75, 3.05) is 13.1 Å². The van der Waals surface area contributed by atoms with Crippen LogP contribution in [0, 0.1) is 11.6 Å². The number of carbonyl (C=O) groups is 3. The molecule has 3 aromatic rings. The Labute approximate surface area is 197 Å². The third-order valence-electron chi connectivity index (χ3n) is 4.77. The Balaban J connectivity index is 1.27. The predicted octanol–water partition coefficient (Wildman–Crippen LogP) is 4.60. The number of hydrogen-bond acceptors (Lipinski definition) is 6. The molecule has 0 aliphatic carbocycles. The molecule has 10 heteroatoms. The van der Waals surface area contributed by atoms with E-state index < -0.39 is 22.9 Å². The van der Waals surface area contributed by atoms with Gasteiger partial charge in [0.15, 0.2) is 5.76 Å². The molecule has 34 heavy (non-hydrogen) atoms. The molecule has 1 saturated heterocycles.